The molecule has 1 aliphatic rings. The van der Waals surface area contributed by atoms with Crippen LogP contribution in [0.4, 0.5) is 4.39 Å². The van der Waals surface area contributed by atoms with E-state index in [2.05, 4.69) is 22.5 Å². The number of amides is 1. The van der Waals surface area contributed by atoms with Crippen LogP contribution in [0.1, 0.15) is 33.3 Å². The highest BCUT2D eigenvalue weighted by atomic mass is 19.1. The van der Waals surface area contributed by atoms with E-state index in [4.69, 9.17) is 4.74 Å². The lowest BCUT2D eigenvalue weighted by Gasteiger charge is -2.22. The van der Waals surface area contributed by atoms with Gasteiger partial charge in [0.25, 0.3) is 5.91 Å². The average Bonchev–Trinajstić information content (AvgIpc) is 3.10. The van der Waals surface area contributed by atoms with Gasteiger partial charge in [-0.05, 0) is 29.7 Å². The van der Waals surface area contributed by atoms with Gasteiger partial charge >= 0.3 is 0 Å². The molecule has 0 aliphatic carbocycles. The second kappa shape index (κ2) is 7.72. The first-order valence-corrected chi connectivity index (χ1v) is 8.95. The van der Waals surface area contributed by atoms with Crippen molar-refractivity contribution in [2.75, 3.05) is 13.2 Å². The highest BCUT2D eigenvalue weighted by molar-refractivity contribution is 5.94. The summed E-state index contributed by atoms with van der Waals surface area (Å²) in [5.41, 5.74) is 3.17. The van der Waals surface area contributed by atoms with Gasteiger partial charge in [0.2, 0.25) is 0 Å². The number of rotatable bonds is 5. The maximum absolute atomic E-state index is 13.7. The van der Waals surface area contributed by atoms with Crippen molar-refractivity contribution in [1.29, 1.82) is 0 Å². The molecule has 0 spiro atoms. The van der Waals surface area contributed by atoms with E-state index in [0.29, 0.717) is 13.2 Å². The minimum absolute atomic E-state index is 0.0307. The molecule has 2 heterocycles. The molecule has 2 aromatic carbocycles. The Hall–Kier alpha value is -2.99. The van der Waals surface area contributed by atoms with Crippen molar-refractivity contribution < 1.29 is 13.9 Å². The third-order valence-corrected chi connectivity index (χ3v) is 4.62. The third-order valence-electron chi connectivity index (χ3n) is 4.62. The Morgan fingerprint density at radius 3 is 2.78 bits per heavy atom. The van der Waals surface area contributed by atoms with Crippen LogP contribution in [0.5, 0.6) is 0 Å². The van der Waals surface area contributed by atoms with Crippen molar-refractivity contribution in [3.63, 3.8) is 0 Å². The van der Waals surface area contributed by atoms with E-state index in [0.717, 1.165) is 17.7 Å². The van der Waals surface area contributed by atoms with Gasteiger partial charge in [-0.1, -0.05) is 42.5 Å². The predicted molar refractivity (Wildman–Crippen MR) is 98.9 cm³/mol. The van der Waals surface area contributed by atoms with Crippen LogP contribution in [0.3, 0.4) is 0 Å². The van der Waals surface area contributed by atoms with Crippen LogP contribution in [0.2, 0.25) is 0 Å². The molecule has 0 saturated carbocycles. The molecular formula is C21H20FN3O2. The second-order valence-corrected chi connectivity index (χ2v) is 6.52. The molecule has 27 heavy (non-hydrogen) atoms. The molecule has 1 amide bonds. The van der Waals surface area contributed by atoms with Crippen molar-refractivity contribution in [1.82, 2.24) is 15.1 Å². The largest absolute Gasteiger partial charge is 0.370 e. The monoisotopic (exact) mass is 365 g/mol. The average molecular weight is 365 g/mol. The first-order valence-electron chi connectivity index (χ1n) is 8.95. The summed E-state index contributed by atoms with van der Waals surface area (Å²) in [6, 6.07) is 16.0. The summed E-state index contributed by atoms with van der Waals surface area (Å²) in [5, 5.41) is 7.42. The molecule has 0 fully saturated rings. The summed E-state index contributed by atoms with van der Waals surface area (Å²) in [6.45, 7) is 1.51. The van der Waals surface area contributed by atoms with E-state index in [1.165, 1.54) is 17.7 Å². The Morgan fingerprint density at radius 1 is 1.19 bits per heavy atom. The van der Waals surface area contributed by atoms with Gasteiger partial charge in [-0.15, -0.1) is 0 Å². The maximum atomic E-state index is 13.7. The first-order chi connectivity index (χ1) is 13.2. The SMILES string of the molecule is O=C(NCC1OCCc2cn(Cc3ccccc3)nc21)c1ccccc1F. The molecule has 4 rings (SSSR count). The number of hydrogen-bond acceptors (Lipinski definition) is 3. The number of ether oxygens (including phenoxy) is 1. The summed E-state index contributed by atoms with van der Waals surface area (Å²) < 4.78 is 21.5. The van der Waals surface area contributed by atoms with E-state index >= 15 is 0 Å². The molecule has 1 unspecified atom stereocenters. The zero-order valence-corrected chi connectivity index (χ0v) is 14.8. The van der Waals surface area contributed by atoms with Crippen LogP contribution in [0, 0.1) is 5.82 Å². The molecule has 0 radical (unpaired) electrons. The van der Waals surface area contributed by atoms with Crippen LogP contribution in [-0.4, -0.2) is 28.8 Å². The number of aromatic nitrogens is 2. The predicted octanol–water partition coefficient (Wildman–Crippen LogP) is 3.11. The molecule has 3 aromatic rings. The van der Waals surface area contributed by atoms with E-state index in [1.54, 1.807) is 12.1 Å². The van der Waals surface area contributed by atoms with Gasteiger partial charge in [0.15, 0.2) is 0 Å². The zero-order chi connectivity index (χ0) is 18.6. The normalized spacial score (nSPS) is 16.0. The van der Waals surface area contributed by atoms with Crippen molar-refractivity contribution in [2.24, 2.45) is 0 Å². The molecule has 1 N–H and O–H groups in total. The number of nitrogens with zero attached hydrogens (tertiary/aromatic N) is 2. The minimum Gasteiger partial charge on any atom is -0.370 e. The fourth-order valence-electron chi connectivity index (χ4n) is 3.26. The fourth-order valence-corrected chi connectivity index (χ4v) is 3.26. The summed E-state index contributed by atoms with van der Waals surface area (Å²) >= 11 is 0. The van der Waals surface area contributed by atoms with Crippen molar-refractivity contribution in [3.05, 3.63) is 89.0 Å². The zero-order valence-electron chi connectivity index (χ0n) is 14.8. The number of fused-ring (bicyclic) bond motifs is 1. The van der Waals surface area contributed by atoms with E-state index in [-0.39, 0.29) is 18.2 Å². The van der Waals surface area contributed by atoms with Crippen LogP contribution >= 0.6 is 0 Å². The van der Waals surface area contributed by atoms with E-state index in [9.17, 15) is 9.18 Å². The summed E-state index contributed by atoms with van der Waals surface area (Å²) in [4.78, 5) is 12.2. The van der Waals surface area contributed by atoms with Gasteiger partial charge in [-0.25, -0.2) is 4.39 Å². The standard InChI is InChI=1S/C21H20FN3O2/c22-18-9-5-4-8-17(18)21(26)23-12-19-20-16(10-11-27-19)14-25(24-20)13-15-6-2-1-3-7-15/h1-9,14,19H,10-13H2,(H,23,26). The number of benzene rings is 2. The summed E-state index contributed by atoms with van der Waals surface area (Å²) in [7, 11) is 0. The van der Waals surface area contributed by atoms with Gasteiger partial charge < -0.3 is 10.1 Å². The van der Waals surface area contributed by atoms with Crippen molar-refractivity contribution in [3.8, 4) is 0 Å². The van der Waals surface area contributed by atoms with Gasteiger partial charge in [0.05, 0.1) is 24.4 Å². The fraction of sp³-hybridized carbons (Fsp3) is 0.238. The topological polar surface area (TPSA) is 56.1 Å². The Balaban J connectivity index is 1.45. The second-order valence-electron chi connectivity index (χ2n) is 6.52. The summed E-state index contributed by atoms with van der Waals surface area (Å²) in [6.07, 6.45) is 2.50. The molecule has 1 aliphatic heterocycles. The van der Waals surface area contributed by atoms with Crippen LogP contribution < -0.4 is 5.32 Å². The lowest BCUT2D eigenvalue weighted by molar-refractivity contribution is 0.0383. The quantitative estimate of drug-likeness (QED) is 0.756. The van der Waals surface area contributed by atoms with Crippen molar-refractivity contribution >= 4 is 5.91 Å². The molecule has 6 heteroatoms. The molecule has 1 atom stereocenters. The minimum atomic E-state index is -0.535. The van der Waals surface area contributed by atoms with Crippen LogP contribution in [-0.2, 0) is 17.7 Å². The van der Waals surface area contributed by atoms with Gasteiger partial charge in [-0.3, -0.25) is 9.48 Å². The molecule has 0 saturated heterocycles. The van der Waals surface area contributed by atoms with Crippen LogP contribution in [0.25, 0.3) is 0 Å². The molecule has 138 valence electrons. The smallest absolute Gasteiger partial charge is 0.254 e. The maximum Gasteiger partial charge on any atom is 0.254 e. The molecular weight excluding hydrogens is 345 g/mol. The highest BCUT2D eigenvalue weighted by Crippen LogP contribution is 2.25. The number of carbonyl (C=O) groups is 1. The lowest BCUT2D eigenvalue weighted by atomic mass is 10.1. The van der Waals surface area contributed by atoms with Crippen LogP contribution in [0.15, 0.2) is 60.8 Å². The number of carbonyl (C=O) groups excluding carboxylic acids is 1. The Morgan fingerprint density at radius 2 is 1.96 bits per heavy atom. The number of nitrogens with one attached hydrogen (secondary N) is 1. The van der Waals surface area contributed by atoms with E-state index < -0.39 is 11.7 Å². The Kier molecular flexibility index (Phi) is 4.98. The van der Waals surface area contributed by atoms with Gasteiger partial charge in [0, 0.05) is 12.7 Å². The van der Waals surface area contributed by atoms with E-state index in [1.807, 2.05) is 29.1 Å². The summed E-state index contributed by atoms with van der Waals surface area (Å²) in [5.74, 6) is -0.986. The number of halogens is 1. The Labute approximate surface area is 156 Å². The molecule has 5 nitrogen and oxygen atoms in total. The highest BCUT2D eigenvalue weighted by Gasteiger charge is 2.25. The number of hydrogen-bond donors (Lipinski definition) is 1. The molecule has 0 bridgehead atoms. The first kappa shape index (κ1) is 17.4. The lowest BCUT2D eigenvalue weighted by Crippen LogP contribution is -2.32. The Bertz CT molecular complexity index is 940. The molecule has 1 aromatic heterocycles. The van der Waals surface area contributed by atoms with Crippen molar-refractivity contribution in [2.45, 2.75) is 19.1 Å². The third kappa shape index (κ3) is 3.90. The van der Waals surface area contributed by atoms with Gasteiger partial charge in [0.1, 0.15) is 11.9 Å². The van der Waals surface area contributed by atoms with Gasteiger partial charge in [-0.2, -0.15) is 5.10 Å².